The zero-order chi connectivity index (χ0) is 19.7. The fraction of sp³-hybridized carbons (Fsp3) is 0.143. The molecule has 2 amide bonds. The summed E-state index contributed by atoms with van der Waals surface area (Å²) in [7, 11) is 1.63. The molecular weight excluding hydrogens is 372 g/mol. The number of ether oxygens (including phenoxy) is 1. The number of hydrogen-bond donors (Lipinski definition) is 3. The summed E-state index contributed by atoms with van der Waals surface area (Å²) < 4.78 is 5.34. The number of methoxy groups -OCH3 is 1. The van der Waals surface area contributed by atoms with Crippen LogP contribution in [-0.4, -0.2) is 18.1 Å². The van der Waals surface area contributed by atoms with Crippen molar-refractivity contribution in [3.63, 3.8) is 0 Å². The molecule has 6 nitrogen and oxygen atoms in total. The van der Waals surface area contributed by atoms with Crippen LogP contribution in [0.5, 0.6) is 5.75 Å². The van der Waals surface area contributed by atoms with Gasteiger partial charge in [-0.25, -0.2) is 9.78 Å². The second kappa shape index (κ2) is 7.36. The van der Waals surface area contributed by atoms with E-state index in [1.54, 1.807) is 18.4 Å². The fourth-order valence-electron chi connectivity index (χ4n) is 3.23. The molecule has 28 heavy (non-hydrogen) atoms. The molecule has 0 bridgehead atoms. The van der Waals surface area contributed by atoms with Crippen LogP contribution >= 0.6 is 11.3 Å². The lowest BCUT2D eigenvalue weighted by atomic mass is 9.96. The molecule has 1 aliphatic heterocycles. The lowest BCUT2D eigenvalue weighted by molar-refractivity contribution is 0.240. The van der Waals surface area contributed by atoms with Crippen LogP contribution in [0, 0.1) is 0 Å². The molecular formula is C21H20N4O2S. The van der Waals surface area contributed by atoms with Crippen molar-refractivity contribution < 1.29 is 9.53 Å². The van der Waals surface area contributed by atoms with Crippen LogP contribution in [-0.2, 0) is 0 Å². The van der Waals surface area contributed by atoms with E-state index >= 15 is 0 Å². The van der Waals surface area contributed by atoms with Crippen molar-refractivity contribution in [3.05, 3.63) is 70.2 Å². The largest absolute Gasteiger partial charge is 0.497 e. The number of allylic oxidation sites excluding steroid dienone is 1. The standard InChI is InChI=1S/C21H20N4O2S/c1-12-18(20-24-17(11-28-20)13-6-8-15(22)9-7-13)19(25-21(26)23-12)14-4-3-5-16(10-14)27-2/h3-11,19H,22H2,1-2H3,(H2,23,25,26). The summed E-state index contributed by atoms with van der Waals surface area (Å²) in [5, 5.41) is 8.73. The Kier molecular flexibility index (Phi) is 4.75. The van der Waals surface area contributed by atoms with Gasteiger partial charge in [0.2, 0.25) is 0 Å². The molecule has 0 saturated carbocycles. The molecule has 0 aliphatic carbocycles. The van der Waals surface area contributed by atoms with Gasteiger partial charge in [0.05, 0.1) is 18.8 Å². The van der Waals surface area contributed by atoms with Gasteiger partial charge in [0.15, 0.2) is 0 Å². The third-order valence-electron chi connectivity index (χ3n) is 4.64. The summed E-state index contributed by atoms with van der Waals surface area (Å²) in [5.74, 6) is 0.740. The molecule has 4 rings (SSSR count). The SMILES string of the molecule is COc1cccc(C2NC(=O)NC(C)=C2c2nc(-c3ccc(N)cc3)cs2)c1. The molecule has 7 heteroatoms. The Balaban J connectivity index is 1.76. The number of carbonyl (C=O) groups excluding carboxylic acids is 1. The average Bonchev–Trinajstić information content (AvgIpc) is 3.17. The van der Waals surface area contributed by atoms with Crippen LogP contribution in [0.3, 0.4) is 0 Å². The molecule has 0 spiro atoms. The molecule has 142 valence electrons. The number of benzene rings is 2. The first-order valence-electron chi connectivity index (χ1n) is 8.79. The van der Waals surface area contributed by atoms with Crippen LogP contribution in [0.2, 0.25) is 0 Å². The number of nitrogens with zero attached hydrogens (tertiary/aromatic N) is 1. The first-order chi connectivity index (χ1) is 13.5. The summed E-state index contributed by atoms with van der Waals surface area (Å²) in [4.78, 5) is 17.0. The number of anilines is 1. The molecule has 1 aromatic heterocycles. The van der Waals surface area contributed by atoms with E-state index < -0.39 is 0 Å². The molecule has 1 aliphatic rings. The third-order valence-corrected chi connectivity index (χ3v) is 5.51. The summed E-state index contributed by atoms with van der Waals surface area (Å²) in [6.07, 6.45) is 0. The zero-order valence-electron chi connectivity index (χ0n) is 15.5. The van der Waals surface area contributed by atoms with Crippen LogP contribution in [0.4, 0.5) is 10.5 Å². The summed E-state index contributed by atoms with van der Waals surface area (Å²) in [5.41, 5.74) is 11.0. The van der Waals surface area contributed by atoms with E-state index in [9.17, 15) is 4.79 Å². The van der Waals surface area contributed by atoms with Crippen molar-refractivity contribution in [2.24, 2.45) is 0 Å². The number of carbonyl (C=O) groups is 1. The van der Waals surface area contributed by atoms with E-state index in [1.165, 1.54) is 0 Å². The van der Waals surface area contributed by atoms with E-state index in [4.69, 9.17) is 15.5 Å². The molecule has 0 fully saturated rings. The lowest BCUT2D eigenvalue weighted by Crippen LogP contribution is -2.42. The Morgan fingerprint density at radius 3 is 2.71 bits per heavy atom. The molecule has 3 aromatic rings. The Hall–Kier alpha value is -3.32. The van der Waals surface area contributed by atoms with Crippen molar-refractivity contribution in [3.8, 4) is 17.0 Å². The van der Waals surface area contributed by atoms with Gasteiger partial charge < -0.3 is 21.1 Å². The summed E-state index contributed by atoms with van der Waals surface area (Å²) >= 11 is 1.55. The Bertz CT molecular complexity index is 1060. The predicted molar refractivity (Wildman–Crippen MR) is 112 cm³/mol. The second-order valence-electron chi connectivity index (χ2n) is 6.51. The van der Waals surface area contributed by atoms with Crippen LogP contribution in [0.1, 0.15) is 23.5 Å². The van der Waals surface area contributed by atoms with E-state index in [1.807, 2.05) is 60.8 Å². The zero-order valence-corrected chi connectivity index (χ0v) is 16.3. The van der Waals surface area contributed by atoms with Crippen molar-refractivity contribution in [2.45, 2.75) is 13.0 Å². The fourth-order valence-corrected chi connectivity index (χ4v) is 4.19. The second-order valence-corrected chi connectivity index (χ2v) is 7.36. The Morgan fingerprint density at radius 2 is 1.96 bits per heavy atom. The molecule has 1 atom stereocenters. The maximum absolute atomic E-state index is 12.1. The lowest BCUT2D eigenvalue weighted by Gasteiger charge is -2.28. The maximum Gasteiger partial charge on any atom is 0.319 e. The van der Waals surface area contributed by atoms with Gasteiger partial charge in [-0.3, -0.25) is 0 Å². The summed E-state index contributed by atoms with van der Waals surface area (Å²) in [6.45, 7) is 1.89. The Morgan fingerprint density at radius 1 is 1.18 bits per heavy atom. The van der Waals surface area contributed by atoms with Crippen LogP contribution in [0.15, 0.2) is 59.6 Å². The highest BCUT2D eigenvalue weighted by Gasteiger charge is 2.29. The van der Waals surface area contributed by atoms with Gasteiger partial charge in [-0.15, -0.1) is 11.3 Å². The van der Waals surface area contributed by atoms with Crippen molar-refractivity contribution >= 4 is 28.6 Å². The van der Waals surface area contributed by atoms with Crippen LogP contribution < -0.4 is 21.1 Å². The van der Waals surface area contributed by atoms with Gasteiger partial charge in [-0.1, -0.05) is 24.3 Å². The minimum absolute atomic E-state index is 0.232. The number of nitrogens with two attached hydrogens (primary N) is 1. The highest BCUT2D eigenvalue weighted by Crippen LogP contribution is 2.38. The minimum atomic E-state index is -0.311. The first kappa shape index (κ1) is 18.1. The Labute approximate surface area is 167 Å². The number of amides is 2. The van der Waals surface area contributed by atoms with E-state index in [0.717, 1.165) is 44.5 Å². The van der Waals surface area contributed by atoms with Gasteiger partial charge in [-0.05, 0) is 36.8 Å². The highest BCUT2D eigenvalue weighted by atomic mass is 32.1. The number of thiazole rings is 1. The highest BCUT2D eigenvalue weighted by molar-refractivity contribution is 7.11. The predicted octanol–water partition coefficient (Wildman–Crippen LogP) is 4.19. The number of nitrogen functional groups attached to an aromatic ring is 1. The number of hydrogen-bond acceptors (Lipinski definition) is 5. The minimum Gasteiger partial charge on any atom is -0.497 e. The summed E-state index contributed by atoms with van der Waals surface area (Å²) in [6, 6.07) is 14.8. The third kappa shape index (κ3) is 3.44. The molecule has 2 aromatic carbocycles. The van der Waals surface area contributed by atoms with Crippen molar-refractivity contribution in [1.82, 2.24) is 15.6 Å². The maximum atomic E-state index is 12.1. The quantitative estimate of drug-likeness (QED) is 0.581. The van der Waals surface area contributed by atoms with Crippen molar-refractivity contribution in [2.75, 3.05) is 12.8 Å². The van der Waals surface area contributed by atoms with Crippen molar-refractivity contribution in [1.29, 1.82) is 0 Å². The number of nitrogens with one attached hydrogen (secondary N) is 2. The van der Waals surface area contributed by atoms with Gasteiger partial charge in [0, 0.05) is 27.9 Å². The van der Waals surface area contributed by atoms with Gasteiger partial charge in [0.1, 0.15) is 10.8 Å². The van der Waals surface area contributed by atoms with E-state index in [0.29, 0.717) is 0 Å². The van der Waals surface area contributed by atoms with Gasteiger partial charge in [0.25, 0.3) is 0 Å². The molecule has 0 radical (unpaired) electrons. The van der Waals surface area contributed by atoms with E-state index in [2.05, 4.69) is 10.6 Å². The average molecular weight is 392 g/mol. The number of aromatic nitrogens is 1. The molecule has 1 unspecified atom stereocenters. The monoisotopic (exact) mass is 392 g/mol. The first-order valence-corrected chi connectivity index (χ1v) is 9.67. The number of urea groups is 1. The molecule has 0 saturated heterocycles. The normalized spacial score (nSPS) is 16.5. The van der Waals surface area contributed by atoms with Crippen LogP contribution in [0.25, 0.3) is 16.8 Å². The topological polar surface area (TPSA) is 89.3 Å². The van der Waals surface area contributed by atoms with Gasteiger partial charge in [-0.2, -0.15) is 0 Å². The molecule has 2 heterocycles. The molecule has 4 N–H and O–H groups in total. The van der Waals surface area contributed by atoms with E-state index in [-0.39, 0.29) is 12.1 Å². The van der Waals surface area contributed by atoms with Gasteiger partial charge >= 0.3 is 6.03 Å². The number of rotatable bonds is 4. The smallest absolute Gasteiger partial charge is 0.319 e.